The summed E-state index contributed by atoms with van der Waals surface area (Å²) in [6, 6.07) is 8.29. The number of nitrogens with one attached hydrogen (secondary N) is 2. The molecule has 0 atom stereocenters. The number of nitrogens with zero attached hydrogens (tertiary/aromatic N) is 8. The second kappa shape index (κ2) is 20.0. The number of hydrogen-bond acceptors (Lipinski definition) is 13. The molecule has 6 N–H and O–H groups in total. The van der Waals surface area contributed by atoms with E-state index in [0.29, 0.717) is 96.0 Å². The third-order valence-corrected chi connectivity index (χ3v) is 10.8. The summed E-state index contributed by atoms with van der Waals surface area (Å²) in [5.41, 5.74) is 15.4. The molecular formula is C42H56N12O7. The highest BCUT2D eigenvalue weighted by Crippen LogP contribution is 2.33. The number of aromatic nitrogens is 6. The van der Waals surface area contributed by atoms with Crippen LogP contribution in [-0.2, 0) is 29.1 Å². The summed E-state index contributed by atoms with van der Waals surface area (Å²) in [6.45, 7) is 13.7. The lowest BCUT2D eigenvalue weighted by atomic mass is 10.1. The Labute approximate surface area is 353 Å². The number of amides is 3. The number of fused-ring (bicyclic) bond motifs is 2. The SMILES string of the molecule is CCn1nc(C)cc1C(=O)Nc1nc2cc(C(N)=O)cc(OCCCN3CCOCC3)c2n1C/C=C/Cn1c(NC)nc2cc(C(N)=O)cc(OCCCN3CCOCC3)c21. The summed E-state index contributed by atoms with van der Waals surface area (Å²) in [5, 5.41) is 10.6. The molecule has 7 rings (SSSR count). The van der Waals surface area contributed by atoms with E-state index >= 15 is 0 Å². The van der Waals surface area contributed by atoms with E-state index < -0.39 is 11.8 Å². The van der Waals surface area contributed by atoms with Crippen LogP contribution in [0.1, 0.15) is 56.7 Å². The molecule has 19 heteroatoms. The van der Waals surface area contributed by atoms with Crippen LogP contribution in [0.15, 0.2) is 42.5 Å². The maximum atomic E-state index is 13.8. The maximum Gasteiger partial charge on any atom is 0.276 e. The van der Waals surface area contributed by atoms with Crippen molar-refractivity contribution in [2.75, 3.05) is 96.6 Å². The predicted octanol–water partition coefficient (Wildman–Crippen LogP) is 2.86. The monoisotopic (exact) mass is 840 g/mol. The van der Waals surface area contributed by atoms with Gasteiger partial charge in [0.1, 0.15) is 28.2 Å². The minimum atomic E-state index is -0.626. The lowest BCUT2D eigenvalue weighted by molar-refractivity contribution is 0.0357. The molecule has 2 fully saturated rings. The van der Waals surface area contributed by atoms with Gasteiger partial charge in [0.2, 0.25) is 23.7 Å². The number of imidazole rings is 2. The van der Waals surface area contributed by atoms with Gasteiger partial charge in [-0.1, -0.05) is 12.2 Å². The normalized spacial score (nSPS) is 15.2. The van der Waals surface area contributed by atoms with Crippen molar-refractivity contribution in [1.82, 2.24) is 38.7 Å². The highest BCUT2D eigenvalue weighted by Gasteiger charge is 2.23. The van der Waals surface area contributed by atoms with E-state index in [1.54, 1.807) is 42.1 Å². The molecule has 2 aliphatic rings. The van der Waals surface area contributed by atoms with E-state index in [1.807, 2.05) is 35.1 Å². The Hall–Kier alpha value is -6.02. The first-order chi connectivity index (χ1) is 29.6. The largest absolute Gasteiger partial charge is 0.491 e. The first-order valence-corrected chi connectivity index (χ1v) is 20.9. The lowest BCUT2D eigenvalue weighted by Gasteiger charge is -2.26. The number of rotatable bonds is 20. The van der Waals surface area contributed by atoms with Crippen molar-refractivity contribution in [3.63, 3.8) is 0 Å². The Morgan fingerprint density at radius 1 is 0.754 bits per heavy atom. The predicted molar refractivity (Wildman–Crippen MR) is 231 cm³/mol. The third-order valence-electron chi connectivity index (χ3n) is 10.8. The zero-order chi connectivity index (χ0) is 42.9. The summed E-state index contributed by atoms with van der Waals surface area (Å²) in [7, 11) is 1.78. The molecule has 0 bridgehead atoms. The average molecular weight is 841 g/mol. The van der Waals surface area contributed by atoms with E-state index in [2.05, 4.69) is 25.5 Å². The molecule has 0 unspecified atom stereocenters. The number of primary amides is 2. The summed E-state index contributed by atoms with van der Waals surface area (Å²) < 4.78 is 29.1. The molecule has 19 nitrogen and oxygen atoms in total. The molecule has 2 aromatic carbocycles. The van der Waals surface area contributed by atoms with Crippen molar-refractivity contribution in [3.8, 4) is 11.5 Å². The average Bonchev–Trinajstić information content (AvgIpc) is 3.95. The van der Waals surface area contributed by atoms with Gasteiger partial charge in [0.05, 0.1) is 56.4 Å². The van der Waals surface area contributed by atoms with Crippen LogP contribution in [0.2, 0.25) is 0 Å². The van der Waals surface area contributed by atoms with E-state index in [9.17, 15) is 14.4 Å². The van der Waals surface area contributed by atoms with Crippen LogP contribution in [0.25, 0.3) is 22.1 Å². The van der Waals surface area contributed by atoms with Crippen LogP contribution in [0.5, 0.6) is 11.5 Å². The molecule has 3 amide bonds. The summed E-state index contributed by atoms with van der Waals surface area (Å²) in [6.07, 6.45) is 5.45. The Morgan fingerprint density at radius 2 is 1.25 bits per heavy atom. The number of aryl methyl sites for hydroxylation is 2. The molecule has 0 radical (unpaired) electrons. The molecule has 2 aliphatic heterocycles. The first-order valence-electron chi connectivity index (χ1n) is 20.9. The second-order valence-corrected chi connectivity index (χ2v) is 15.0. The van der Waals surface area contributed by atoms with E-state index in [1.165, 1.54) is 0 Å². The molecule has 61 heavy (non-hydrogen) atoms. The Morgan fingerprint density at radius 3 is 1.72 bits per heavy atom. The number of benzene rings is 2. The fourth-order valence-corrected chi connectivity index (χ4v) is 7.69. The fourth-order valence-electron chi connectivity index (χ4n) is 7.69. The van der Waals surface area contributed by atoms with Crippen molar-refractivity contribution in [2.45, 2.75) is 46.3 Å². The van der Waals surface area contributed by atoms with Crippen LogP contribution in [0.4, 0.5) is 11.9 Å². The van der Waals surface area contributed by atoms with Gasteiger partial charge >= 0.3 is 0 Å². The smallest absolute Gasteiger partial charge is 0.276 e. The Kier molecular flexibility index (Phi) is 14.1. The van der Waals surface area contributed by atoms with Crippen LogP contribution in [0, 0.1) is 6.92 Å². The van der Waals surface area contributed by atoms with E-state index in [-0.39, 0.29) is 24.0 Å². The number of nitrogens with two attached hydrogens (primary N) is 2. The van der Waals surface area contributed by atoms with Gasteiger partial charge < -0.3 is 44.9 Å². The van der Waals surface area contributed by atoms with Crippen LogP contribution in [0.3, 0.4) is 0 Å². The molecule has 5 aromatic rings. The maximum absolute atomic E-state index is 13.8. The van der Waals surface area contributed by atoms with Crippen molar-refractivity contribution < 1.29 is 33.3 Å². The highest BCUT2D eigenvalue weighted by molar-refractivity contribution is 6.04. The molecule has 0 saturated carbocycles. The third kappa shape index (κ3) is 10.3. The van der Waals surface area contributed by atoms with Crippen LogP contribution >= 0.6 is 0 Å². The molecule has 0 aliphatic carbocycles. The molecule has 326 valence electrons. The van der Waals surface area contributed by atoms with Gasteiger partial charge in [-0.15, -0.1) is 0 Å². The zero-order valence-corrected chi connectivity index (χ0v) is 35.2. The van der Waals surface area contributed by atoms with E-state index in [4.69, 9.17) is 40.4 Å². The topological polar surface area (TPSA) is 224 Å². The van der Waals surface area contributed by atoms with Crippen LogP contribution < -0.4 is 31.6 Å². The molecule has 2 saturated heterocycles. The minimum Gasteiger partial charge on any atom is -0.491 e. The summed E-state index contributed by atoms with van der Waals surface area (Å²) in [4.78, 5) is 52.9. The van der Waals surface area contributed by atoms with Crippen molar-refractivity contribution >= 4 is 51.7 Å². The number of carbonyl (C=O) groups excluding carboxylic acids is 3. The molecule has 3 aromatic heterocycles. The number of carbonyl (C=O) groups is 3. The lowest BCUT2D eigenvalue weighted by Crippen LogP contribution is -2.37. The zero-order valence-electron chi connectivity index (χ0n) is 35.2. The quantitative estimate of drug-likeness (QED) is 0.0655. The number of anilines is 2. The Bertz CT molecular complexity index is 2370. The highest BCUT2D eigenvalue weighted by atomic mass is 16.5. The van der Waals surface area contributed by atoms with Gasteiger partial charge in [0.15, 0.2) is 0 Å². The number of hydrogen-bond donors (Lipinski definition) is 4. The van der Waals surface area contributed by atoms with Gasteiger partial charge in [-0.25, -0.2) is 9.97 Å². The molecule has 0 spiro atoms. The van der Waals surface area contributed by atoms with Gasteiger partial charge in [0.25, 0.3) is 5.91 Å². The first kappa shape index (κ1) is 43.1. The molecular weight excluding hydrogens is 785 g/mol. The summed E-state index contributed by atoms with van der Waals surface area (Å²) in [5.74, 6) is 0.151. The second-order valence-electron chi connectivity index (χ2n) is 15.0. The van der Waals surface area contributed by atoms with Crippen molar-refractivity contribution in [1.29, 1.82) is 0 Å². The minimum absolute atomic E-state index is 0.235. The standard InChI is InChI=1S/C42H56N12O7/c1-4-54-33(23-28(2)49-54)40(57)48-42-47-32-25-30(39(44)56)27-35(61-18-8-10-51-15-21-59-22-16-51)37(32)53(42)12-6-5-11-52-36-31(46-41(52)45-3)24-29(38(43)55)26-34(36)60-17-7-9-50-13-19-58-20-14-50/h5-6,23-27H,4,7-22H2,1-3H3,(H2,43,55)(H2,44,56)(H,45,46)(H,47,48,57)/b6-5+. The van der Waals surface area contributed by atoms with Gasteiger partial charge in [0, 0.05) is 77.1 Å². The number of ether oxygens (including phenoxy) is 4. The van der Waals surface area contributed by atoms with E-state index in [0.717, 1.165) is 65.3 Å². The number of allylic oxidation sites excluding steroid dienone is 2. The number of morpholine rings is 2. The van der Waals surface area contributed by atoms with Crippen LogP contribution in [-0.4, -0.2) is 142 Å². The Balaban J connectivity index is 1.18. The van der Waals surface area contributed by atoms with Crippen molar-refractivity contribution in [2.24, 2.45) is 11.5 Å². The van der Waals surface area contributed by atoms with Crippen molar-refractivity contribution in [3.05, 3.63) is 65.0 Å². The molecule has 5 heterocycles. The van der Waals surface area contributed by atoms with Gasteiger partial charge in [-0.2, -0.15) is 5.10 Å². The van der Waals surface area contributed by atoms with Gasteiger partial charge in [-0.05, 0) is 57.0 Å². The summed E-state index contributed by atoms with van der Waals surface area (Å²) >= 11 is 0. The fraction of sp³-hybridized carbons (Fsp3) is 0.476. The van der Waals surface area contributed by atoms with Gasteiger partial charge in [-0.3, -0.25) is 34.2 Å².